The monoisotopic (exact) mass is 233 g/mol. The van der Waals surface area contributed by atoms with E-state index in [0.29, 0.717) is 12.0 Å². The molecule has 0 aliphatic rings. The van der Waals surface area contributed by atoms with Crippen LogP contribution < -0.4 is 0 Å². The van der Waals surface area contributed by atoms with E-state index in [1.807, 2.05) is 18.2 Å². The highest BCUT2D eigenvalue weighted by Crippen LogP contribution is 2.32. The molecule has 3 heteroatoms. The highest BCUT2D eigenvalue weighted by atomic mass is 32.2. The highest BCUT2D eigenvalue weighted by molar-refractivity contribution is 7.99. The first-order valence-electron chi connectivity index (χ1n) is 5.28. The van der Waals surface area contributed by atoms with E-state index < -0.39 is 0 Å². The van der Waals surface area contributed by atoms with Gasteiger partial charge in [-0.05, 0) is 30.4 Å². The number of hydrogen-bond acceptors (Lipinski definition) is 3. The van der Waals surface area contributed by atoms with Gasteiger partial charge in [-0.25, -0.2) is 0 Å². The van der Waals surface area contributed by atoms with E-state index in [9.17, 15) is 4.79 Å². The van der Waals surface area contributed by atoms with E-state index in [-0.39, 0.29) is 11.0 Å². The number of benzene rings is 1. The number of thioether (sulfide) groups is 1. The standard InChI is InChI=1S/C13H15NOS/c1-3-16-13(7-10(2)15)12-6-4-5-11(8-12)9-14/h4-6,8,13H,3,7H2,1-2H3. The third kappa shape index (κ3) is 3.71. The van der Waals surface area contributed by atoms with Crippen molar-refractivity contribution in [2.45, 2.75) is 25.5 Å². The molecule has 0 aliphatic heterocycles. The fourth-order valence-corrected chi connectivity index (χ4v) is 2.64. The largest absolute Gasteiger partial charge is 0.300 e. The van der Waals surface area contributed by atoms with Crippen LogP contribution in [0.1, 0.15) is 36.6 Å². The van der Waals surface area contributed by atoms with Crippen LogP contribution in [0.3, 0.4) is 0 Å². The third-order valence-corrected chi connectivity index (χ3v) is 3.40. The zero-order valence-electron chi connectivity index (χ0n) is 9.56. The molecule has 1 unspecified atom stereocenters. The van der Waals surface area contributed by atoms with E-state index in [1.165, 1.54) is 0 Å². The molecule has 1 aromatic rings. The van der Waals surface area contributed by atoms with Gasteiger partial charge in [0.15, 0.2) is 0 Å². The summed E-state index contributed by atoms with van der Waals surface area (Å²) in [6.45, 7) is 3.68. The van der Waals surface area contributed by atoms with Gasteiger partial charge in [0.2, 0.25) is 0 Å². The fourth-order valence-electron chi connectivity index (χ4n) is 1.54. The molecular formula is C13H15NOS. The molecule has 1 rings (SSSR count). The Morgan fingerprint density at radius 1 is 1.56 bits per heavy atom. The zero-order chi connectivity index (χ0) is 12.0. The summed E-state index contributed by atoms with van der Waals surface area (Å²) in [5.74, 6) is 1.16. The van der Waals surface area contributed by atoms with Gasteiger partial charge in [0.05, 0.1) is 11.6 Å². The SMILES string of the molecule is CCSC(CC(C)=O)c1cccc(C#N)c1. The minimum absolute atomic E-state index is 0.177. The number of ketones is 1. The minimum Gasteiger partial charge on any atom is -0.300 e. The lowest BCUT2D eigenvalue weighted by atomic mass is 10.1. The Kier molecular flexibility index (Phi) is 5.07. The van der Waals surface area contributed by atoms with Gasteiger partial charge in [0.1, 0.15) is 5.78 Å². The van der Waals surface area contributed by atoms with Crippen LogP contribution in [0.25, 0.3) is 0 Å². The van der Waals surface area contributed by atoms with Crippen molar-refractivity contribution in [2.75, 3.05) is 5.75 Å². The van der Waals surface area contributed by atoms with Crippen molar-refractivity contribution in [2.24, 2.45) is 0 Å². The van der Waals surface area contributed by atoms with Gasteiger partial charge in [-0.15, -0.1) is 0 Å². The van der Waals surface area contributed by atoms with Crippen molar-refractivity contribution in [3.8, 4) is 6.07 Å². The molecule has 0 amide bonds. The number of carbonyl (C=O) groups excluding carboxylic acids is 1. The molecule has 0 fully saturated rings. The second-order valence-electron chi connectivity index (χ2n) is 3.59. The molecule has 0 aromatic heterocycles. The number of Topliss-reactive ketones (excluding diaryl/α,β-unsaturated/α-hetero) is 1. The second kappa shape index (κ2) is 6.34. The van der Waals surface area contributed by atoms with Gasteiger partial charge in [-0.1, -0.05) is 19.1 Å². The van der Waals surface area contributed by atoms with Crippen LogP contribution in [0.5, 0.6) is 0 Å². The normalized spacial score (nSPS) is 11.8. The van der Waals surface area contributed by atoms with Crippen molar-refractivity contribution in [1.82, 2.24) is 0 Å². The molecule has 16 heavy (non-hydrogen) atoms. The molecule has 0 radical (unpaired) electrons. The van der Waals surface area contributed by atoms with E-state index in [1.54, 1.807) is 24.8 Å². The maximum Gasteiger partial charge on any atom is 0.131 e. The van der Waals surface area contributed by atoms with Gasteiger partial charge < -0.3 is 0 Å². The van der Waals surface area contributed by atoms with Crippen LogP contribution >= 0.6 is 11.8 Å². The maximum absolute atomic E-state index is 11.2. The van der Waals surface area contributed by atoms with Gasteiger partial charge >= 0.3 is 0 Å². The topological polar surface area (TPSA) is 40.9 Å². The van der Waals surface area contributed by atoms with Gasteiger partial charge in [-0.2, -0.15) is 17.0 Å². The molecule has 0 N–H and O–H groups in total. The summed E-state index contributed by atoms with van der Waals surface area (Å²) in [5, 5.41) is 9.01. The minimum atomic E-state index is 0.177. The Hall–Kier alpha value is -1.27. The Morgan fingerprint density at radius 3 is 2.88 bits per heavy atom. The lowest BCUT2D eigenvalue weighted by Crippen LogP contribution is -2.01. The zero-order valence-corrected chi connectivity index (χ0v) is 10.4. The Morgan fingerprint density at radius 2 is 2.31 bits per heavy atom. The first-order valence-corrected chi connectivity index (χ1v) is 6.33. The van der Waals surface area contributed by atoms with E-state index in [0.717, 1.165) is 11.3 Å². The molecule has 1 aromatic carbocycles. The van der Waals surface area contributed by atoms with Gasteiger partial charge in [-0.3, -0.25) is 4.79 Å². The van der Waals surface area contributed by atoms with E-state index in [2.05, 4.69) is 13.0 Å². The summed E-state index contributed by atoms with van der Waals surface area (Å²) >= 11 is 1.75. The molecule has 2 nitrogen and oxygen atoms in total. The molecule has 0 bridgehead atoms. The number of hydrogen-bond donors (Lipinski definition) is 0. The third-order valence-electron chi connectivity index (χ3n) is 2.23. The summed E-state index contributed by atoms with van der Waals surface area (Å²) in [6, 6.07) is 9.63. The number of carbonyl (C=O) groups is 1. The van der Waals surface area contributed by atoms with Gasteiger partial charge in [0.25, 0.3) is 0 Å². The maximum atomic E-state index is 11.2. The summed E-state index contributed by atoms with van der Waals surface area (Å²) < 4.78 is 0. The predicted molar refractivity (Wildman–Crippen MR) is 67.3 cm³/mol. The van der Waals surface area contributed by atoms with Crippen molar-refractivity contribution in [1.29, 1.82) is 5.26 Å². The molecule has 0 heterocycles. The summed E-state index contributed by atoms with van der Waals surface area (Å²) in [5.41, 5.74) is 1.73. The van der Waals surface area contributed by atoms with Crippen LogP contribution in [-0.4, -0.2) is 11.5 Å². The first kappa shape index (κ1) is 12.8. The number of nitrogens with zero attached hydrogens (tertiary/aromatic N) is 1. The van der Waals surface area contributed by atoms with E-state index in [4.69, 9.17) is 5.26 Å². The molecule has 0 aliphatic carbocycles. The smallest absolute Gasteiger partial charge is 0.131 e. The van der Waals surface area contributed by atoms with Crippen LogP contribution in [0.4, 0.5) is 0 Å². The van der Waals surface area contributed by atoms with Crippen LogP contribution in [-0.2, 0) is 4.79 Å². The molecule has 0 spiro atoms. The van der Waals surface area contributed by atoms with E-state index >= 15 is 0 Å². The lowest BCUT2D eigenvalue weighted by Gasteiger charge is -2.14. The molecule has 1 atom stereocenters. The quantitative estimate of drug-likeness (QED) is 0.783. The van der Waals surface area contributed by atoms with Crippen molar-refractivity contribution in [3.63, 3.8) is 0 Å². The average molecular weight is 233 g/mol. The molecular weight excluding hydrogens is 218 g/mol. The predicted octanol–water partition coefficient (Wildman–Crippen LogP) is 3.33. The van der Waals surface area contributed by atoms with Crippen molar-refractivity contribution >= 4 is 17.5 Å². The Labute approximate surface area is 101 Å². The summed E-state index contributed by atoms with van der Waals surface area (Å²) in [4.78, 5) is 11.2. The Bertz CT molecular complexity index is 409. The number of nitriles is 1. The second-order valence-corrected chi connectivity index (χ2v) is 5.07. The molecule has 0 saturated carbocycles. The van der Waals surface area contributed by atoms with Crippen molar-refractivity contribution < 1.29 is 4.79 Å². The Balaban J connectivity index is 2.91. The lowest BCUT2D eigenvalue weighted by molar-refractivity contribution is -0.117. The van der Waals surface area contributed by atoms with Gasteiger partial charge in [0, 0.05) is 11.7 Å². The van der Waals surface area contributed by atoms with Crippen LogP contribution in [0, 0.1) is 11.3 Å². The van der Waals surface area contributed by atoms with Crippen LogP contribution in [0.2, 0.25) is 0 Å². The first-order chi connectivity index (χ1) is 7.67. The average Bonchev–Trinajstić information content (AvgIpc) is 2.28. The number of rotatable bonds is 5. The molecule has 84 valence electrons. The summed E-state index contributed by atoms with van der Waals surface area (Å²) in [6.07, 6.45) is 0.535. The fraction of sp³-hybridized carbons (Fsp3) is 0.385. The van der Waals surface area contributed by atoms with Crippen LogP contribution in [0.15, 0.2) is 24.3 Å². The highest BCUT2D eigenvalue weighted by Gasteiger charge is 2.13. The van der Waals surface area contributed by atoms with Crippen molar-refractivity contribution in [3.05, 3.63) is 35.4 Å². The summed E-state index contributed by atoms with van der Waals surface area (Å²) in [7, 11) is 0. The molecule has 0 saturated heterocycles.